The number of rotatable bonds is 6. The molecule has 2 aromatic rings. The molecule has 1 atom stereocenters. The maximum atomic E-state index is 14.2. The average molecular weight is 417 g/mol. The number of halogens is 2. The topological polar surface area (TPSA) is 50.8 Å². The number of hydrogen-bond donors (Lipinski definition) is 1. The lowest BCUT2D eigenvalue weighted by Crippen LogP contribution is -2.31. The molecule has 0 aliphatic heterocycles. The van der Waals surface area contributed by atoms with Gasteiger partial charge < -0.3 is 14.8 Å². The fourth-order valence-electron chi connectivity index (χ4n) is 2.24. The van der Waals surface area contributed by atoms with Crippen LogP contribution in [0, 0.1) is 5.82 Å². The van der Waals surface area contributed by atoms with Crippen LogP contribution >= 0.6 is 27.3 Å². The highest BCUT2D eigenvalue weighted by Crippen LogP contribution is 2.34. The van der Waals surface area contributed by atoms with Gasteiger partial charge in [0.1, 0.15) is 6.04 Å². The molecular formula is C16H18BrFN2O3S. The van der Waals surface area contributed by atoms with Crippen LogP contribution in [-0.4, -0.2) is 39.1 Å². The smallest absolute Gasteiger partial charge is 0.247 e. The van der Waals surface area contributed by atoms with Crippen molar-refractivity contribution in [3.63, 3.8) is 0 Å². The molecule has 2 rings (SSSR count). The first kappa shape index (κ1) is 18.7. The molecule has 1 N–H and O–H groups in total. The maximum Gasteiger partial charge on any atom is 0.247 e. The van der Waals surface area contributed by atoms with Gasteiger partial charge in [0, 0.05) is 26.9 Å². The van der Waals surface area contributed by atoms with Crippen molar-refractivity contribution in [1.29, 1.82) is 0 Å². The van der Waals surface area contributed by atoms with Gasteiger partial charge in [-0.3, -0.25) is 9.69 Å². The van der Waals surface area contributed by atoms with Gasteiger partial charge in [0.25, 0.3) is 0 Å². The SMILES string of the molecule is COc1cc(F)c(NC(=O)C(c2cc(Br)cs2)N(C)C)cc1OC. The van der Waals surface area contributed by atoms with E-state index in [0.717, 1.165) is 9.35 Å². The second kappa shape index (κ2) is 7.96. The normalized spacial score (nSPS) is 12.1. The first-order valence-electron chi connectivity index (χ1n) is 7.00. The van der Waals surface area contributed by atoms with Gasteiger partial charge in [-0.1, -0.05) is 0 Å². The van der Waals surface area contributed by atoms with Crippen LogP contribution < -0.4 is 14.8 Å². The summed E-state index contributed by atoms with van der Waals surface area (Å²) in [4.78, 5) is 15.3. The minimum Gasteiger partial charge on any atom is -0.493 e. The monoisotopic (exact) mass is 416 g/mol. The standard InChI is InChI=1S/C16H18BrFN2O3S/c1-20(2)15(14-5-9(17)8-24-14)16(21)19-11-7-13(23-4)12(22-3)6-10(11)18/h5-8,15H,1-4H3,(H,19,21). The van der Waals surface area contributed by atoms with Gasteiger partial charge in [0.2, 0.25) is 5.91 Å². The zero-order valence-electron chi connectivity index (χ0n) is 13.7. The van der Waals surface area contributed by atoms with Crippen molar-refractivity contribution in [2.24, 2.45) is 0 Å². The summed E-state index contributed by atoms with van der Waals surface area (Å²) in [6.45, 7) is 0. The van der Waals surface area contributed by atoms with Crippen molar-refractivity contribution in [2.75, 3.05) is 33.6 Å². The molecule has 0 aliphatic carbocycles. The van der Waals surface area contributed by atoms with E-state index in [2.05, 4.69) is 21.2 Å². The Bertz CT molecular complexity index is 736. The van der Waals surface area contributed by atoms with E-state index >= 15 is 0 Å². The molecule has 1 unspecified atom stereocenters. The zero-order valence-corrected chi connectivity index (χ0v) is 16.1. The third-order valence-electron chi connectivity index (χ3n) is 3.35. The van der Waals surface area contributed by atoms with E-state index < -0.39 is 11.9 Å². The van der Waals surface area contributed by atoms with Crippen LogP contribution in [0.1, 0.15) is 10.9 Å². The summed E-state index contributed by atoms with van der Waals surface area (Å²) in [5.41, 5.74) is 0.0418. The van der Waals surface area contributed by atoms with Crippen molar-refractivity contribution in [3.05, 3.63) is 38.7 Å². The second-order valence-corrected chi connectivity index (χ2v) is 7.07. The Kier molecular flexibility index (Phi) is 6.20. The fraction of sp³-hybridized carbons (Fsp3) is 0.312. The number of hydrogen-bond acceptors (Lipinski definition) is 5. The molecule has 1 aromatic carbocycles. The lowest BCUT2D eigenvalue weighted by atomic mass is 10.2. The van der Waals surface area contributed by atoms with Crippen LogP contribution in [0.15, 0.2) is 28.1 Å². The van der Waals surface area contributed by atoms with Crippen LogP contribution in [0.2, 0.25) is 0 Å². The van der Waals surface area contributed by atoms with Crippen molar-refractivity contribution < 1.29 is 18.7 Å². The Morgan fingerprint density at radius 1 is 1.25 bits per heavy atom. The molecule has 0 radical (unpaired) electrons. The average Bonchev–Trinajstić information content (AvgIpc) is 2.94. The summed E-state index contributed by atoms with van der Waals surface area (Å²) in [7, 11) is 6.46. The van der Waals surface area contributed by atoms with Gasteiger partial charge in [-0.15, -0.1) is 11.3 Å². The van der Waals surface area contributed by atoms with E-state index in [9.17, 15) is 9.18 Å². The number of methoxy groups -OCH3 is 2. The Labute approximate surface area is 152 Å². The number of anilines is 1. The van der Waals surface area contributed by atoms with E-state index in [1.165, 1.54) is 37.7 Å². The Morgan fingerprint density at radius 3 is 2.38 bits per heavy atom. The number of likely N-dealkylation sites (N-methyl/N-ethyl adjacent to an activating group) is 1. The number of carbonyl (C=O) groups excluding carboxylic acids is 1. The molecule has 24 heavy (non-hydrogen) atoms. The molecule has 5 nitrogen and oxygen atoms in total. The zero-order chi connectivity index (χ0) is 17.9. The van der Waals surface area contributed by atoms with Crippen molar-refractivity contribution in [1.82, 2.24) is 4.90 Å². The van der Waals surface area contributed by atoms with Crippen LogP contribution in [0.5, 0.6) is 11.5 Å². The Hall–Kier alpha value is -1.64. The molecule has 0 spiro atoms. The first-order valence-corrected chi connectivity index (χ1v) is 8.67. The van der Waals surface area contributed by atoms with Gasteiger partial charge in [-0.25, -0.2) is 4.39 Å². The second-order valence-electron chi connectivity index (χ2n) is 5.21. The third-order valence-corrected chi connectivity index (χ3v) is 5.10. The summed E-state index contributed by atoms with van der Waals surface area (Å²) in [5.74, 6) is -0.319. The van der Waals surface area contributed by atoms with Crippen LogP contribution in [0.4, 0.5) is 10.1 Å². The minimum atomic E-state index is -0.592. The Balaban J connectivity index is 2.30. The van der Waals surface area contributed by atoms with Crippen LogP contribution in [-0.2, 0) is 4.79 Å². The quantitative estimate of drug-likeness (QED) is 0.775. The number of amides is 1. The number of nitrogens with zero attached hydrogens (tertiary/aromatic N) is 1. The molecule has 0 fully saturated rings. The number of benzene rings is 1. The third kappa shape index (κ3) is 4.06. The number of carbonyl (C=O) groups is 1. The summed E-state index contributed by atoms with van der Waals surface area (Å²) in [6.07, 6.45) is 0. The lowest BCUT2D eigenvalue weighted by Gasteiger charge is -2.22. The van der Waals surface area contributed by atoms with E-state index in [1.807, 2.05) is 11.4 Å². The van der Waals surface area contributed by atoms with Gasteiger partial charge in [0.05, 0.1) is 19.9 Å². The fourth-order valence-corrected chi connectivity index (χ4v) is 3.88. The Morgan fingerprint density at radius 2 is 1.88 bits per heavy atom. The van der Waals surface area contributed by atoms with Gasteiger partial charge in [-0.05, 0) is 36.1 Å². The molecule has 1 heterocycles. The predicted molar refractivity (Wildman–Crippen MR) is 96.6 cm³/mol. The molecule has 8 heteroatoms. The lowest BCUT2D eigenvalue weighted by molar-refractivity contribution is -0.120. The number of thiophene rings is 1. The molecule has 0 bridgehead atoms. The number of nitrogens with one attached hydrogen (secondary N) is 1. The summed E-state index contributed by atoms with van der Waals surface area (Å²) >= 11 is 4.84. The van der Waals surface area contributed by atoms with Crippen molar-refractivity contribution in [2.45, 2.75) is 6.04 Å². The van der Waals surface area contributed by atoms with Gasteiger partial charge in [0.15, 0.2) is 17.3 Å². The molecular weight excluding hydrogens is 399 g/mol. The predicted octanol–water partition coefficient (Wildman–Crippen LogP) is 3.91. The van der Waals surface area contributed by atoms with E-state index in [1.54, 1.807) is 19.0 Å². The molecule has 0 saturated carbocycles. The highest BCUT2D eigenvalue weighted by atomic mass is 79.9. The summed E-state index contributed by atoms with van der Waals surface area (Å²) in [5, 5.41) is 4.52. The van der Waals surface area contributed by atoms with E-state index in [0.29, 0.717) is 5.75 Å². The molecule has 1 aromatic heterocycles. The van der Waals surface area contributed by atoms with Crippen molar-refractivity contribution in [3.8, 4) is 11.5 Å². The van der Waals surface area contributed by atoms with Crippen LogP contribution in [0.3, 0.4) is 0 Å². The van der Waals surface area contributed by atoms with E-state index in [-0.39, 0.29) is 17.3 Å². The van der Waals surface area contributed by atoms with Gasteiger partial charge >= 0.3 is 0 Å². The number of ether oxygens (including phenoxy) is 2. The van der Waals surface area contributed by atoms with E-state index in [4.69, 9.17) is 9.47 Å². The molecule has 0 aliphatic rings. The van der Waals surface area contributed by atoms with Crippen LogP contribution in [0.25, 0.3) is 0 Å². The highest BCUT2D eigenvalue weighted by molar-refractivity contribution is 9.10. The molecule has 1 amide bonds. The molecule has 0 saturated heterocycles. The van der Waals surface area contributed by atoms with Crippen molar-refractivity contribution >= 4 is 38.9 Å². The van der Waals surface area contributed by atoms with Gasteiger partial charge in [-0.2, -0.15) is 0 Å². The summed E-state index contributed by atoms with van der Waals surface area (Å²) in [6, 6.07) is 3.93. The first-order chi connectivity index (χ1) is 11.4. The highest BCUT2D eigenvalue weighted by Gasteiger charge is 2.26. The molecule has 130 valence electrons. The maximum absolute atomic E-state index is 14.2. The largest absolute Gasteiger partial charge is 0.493 e. The minimum absolute atomic E-state index is 0.0418. The summed E-state index contributed by atoms with van der Waals surface area (Å²) < 4.78 is 25.3.